The van der Waals surface area contributed by atoms with E-state index in [1.54, 1.807) is 12.2 Å². The van der Waals surface area contributed by atoms with E-state index < -0.39 is 4.92 Å². The molecule has 1 aromatic heterocycles. The highest BCUT2D eigenvalue weighted by Crippen LogP contribution is 2.16. The molecule has 0 fully saturated rings. The highest BCUT2D eigenvalue weighted by Gasteiger charge is 2.09. The van der Waals surface area contributed by atoms with E-state index in [4.69, 9.17) is 16.6 Å². The zero-order valence-corrected chi connectivity index (χ0v) is 10.6. The van der Waals surface area contributed by atoms with Gasteiger partial charge < -0.3 is 4.42 Å². The molecule has 1 rings (SSSR count). The first-order chi connectivity index (χ1) is 8.63. The summed E-state index contributed by atoms with van der Waals surface area (Å²) in [5, 5.41) is 14.2. The summed E-state index contributed by atoms with van der Waals surface area (Å²) in [6.45, 7) is 2.03. The second kappa shape index (κ2) is 7.33. The first-order valence-corrected chi connectivity index (χ1v) is 5.77. The Labute approximate surface area is 110 Å². The van der Waals surface area contributed by atoms with Gasteiger partial charge in [0.25, 0.3) is 0 Å². The van der Waals surface area contributed by atoms with Crippen LogP contribution in [0.25, 0.3) is 6.08 Å². The van der Waals surface area contributed by atoms with Crippen molar-refractivity contribution in [1.82, 2.24) is 5.43 Å². The molecule has 0 unspecified atom stereocenters. The van der Waals surface area contributed by atoms with Crippen LogP contribution in [0, 0.1) is 10.1 Å². The van der Waals surface area contributed by atoms with Crippen molar-refractivity contribution in [3.63, 3.8) is 0 Å². The minimum absolute atomic E-state index is 0.283. The lowest BCUT2D eigenvalue weighted by Gasteiger charge is -1.97. The molecule has 0 aromatic carbocycles. The van der Waals surface area contributed by atoms with Crippen molar-refractivity contribution in [2.45, 2.75) is 19.8 Å². The molecule has 0 aliphatic carbocycles. The summed E-state index contributed by atoms with van der Waals surface area (Å²) >= 11 is 4.99. The molecule has 0 saturated carbocycles. The Morgan fingerprint density at radius 3 is 3.06 bits per heavy atom. The number of allylic oxidation sites excluding steroid dienone is 1. The first kappa shape index (κ1) is 14.0. The maximum absolute atomic E-state index is 10.4. The molecule has 18 heavy (non-hydrogen) atoms. The molecule has 0 amide bonds. The Morgan fingerprint density at radius 1 is 1.67 bits per heavy atom. The summed E-state index contributed by atoms with van der Waals surface area (Å²) < 4.78 is 4.92. The molecule has 7 heteroatoms. The Morgan fingerprint density at radius 2 is 2.44 bits per heavy atom. The van der Waals surface area contributed by atoms with Crippen LogP contribution in [0.3, 0.4) is 0 Å². The van der Waals surface area contributed by atoms with E-state index in [1.165, 1.54) is 18.3 Å². The standard InChI is InChI=1S/C11H13N3O3S/c1-2-4-10(18)13-12-8-3-5-9-6-7-11(17-9)14(15)16/h3,5-8H,2,4H2,1H3,(H,13,18)/b5-3+,12-8+. The van der Waals surface area contributed by atoms with Gasteiger partial charge in [-0.25, -0.2) is 0 Å². The lowest BCUT2D eigenvalue weighted by atomic mass is 10.3. The molecule has 0 aliphatic heterocycles. The van der Waals surface area contributed by atoms with Crippen LogP contribution in [0.15, 0.2) is 27.7 Å². The minimum atomic E-state index is -0.587. The predicted octanol–water partition coefficient (Wildman–Crippen LogP) is 2.90. The Hall–Kier alpha value is -2.02. The largest absolute Gasteiger partial charge is 0.433 e. The van der Waals surface area contributed by atoms with Crippen LogP contribution in [0.2, 0.25) is 0 Å². The number of furan rings is 1. The van der Waals surface area contributed by atoms with E-state index in [9.17, 15) is 10.1 Å². The minimum Gasteiger partial charge on any atom is -0.401 e. The fourth-order valence-corrected chi connectivity index (χ4v) is 1.36. The third-order valence-electron chi connectivity index (χ3n) is 1.88. The predicted molar refractivity (Wildman–Crippen MR) is 73.5 cm³/mol. The fourth-order valence-electron chi connectivity index (χ4n) is 1.10. The van der Waals surface area contributed by atoms with Gasteiger partial charge in [0.1, 0.15) is 10.7 Å². The highest BCUT2D eigenvalue weighted by molar-refractivity contribution is 7.80. The Kier molecular flexibility index (Phi) is 5.72. The van der Waals surface area contributed by atoms with Crippen LogP contribution < -0.4 is 5.43 Å². The number of nitro groups is 1. The van der Waals surface area contributed by atoms with E-state index >= 15 is 0 Å². The van der Waals surface area contributed by atoms with Crippen LogP contribution in [0.5, 0.6) is 0 Å². The summed E-state index contributed by atoms with van der Waals surface area (Å²) in [6.07, 6.45) is 6.43. The third kappa shape index (κ3) is 4.88. The molecule has 0 atom stereocenters. The zero-order chi connectivity index (χ0) is 13.4. The Balaban J connectivity index is 2.42. The molecule has 1 aromatic rings. The summed E-state index contributed by atoms with van der Waals surface area (Å²) in [4.78, 5) is 10.5. The monoisotopic (exact) mass is 267 g/mol. The van der Waals surface area contributed by atoms with E-state index in [1.807, 2.05) is 6.92 Å². The zero-order valence-electron chi connectivity index (χ0n) is 9.83. The number of hydrogen-bond donors (Lipinski definition) is 1. The number of thiocarbonyl (C=S) groups is 1. The molecule has 0 radical (unpaired) electrons. The summed E-state index contributed by atoms with van der Waals surface area (Å²) in [5.74, 6) is 0.109. The molecule has 0 saturated heterocycles. The van der Waals surface area contributed by atoms with Gasteiger partial charge in [0, 0.05) is 6.21 Å². The van der Waals surface area contributed by atoms with Gasteiger partial charge in [0.15, 0.2) is 0 Å². The van der Waals surface area contributed by atoms with Gasteiger partial charge in [0.2, 0.25) is 0 Å². The molecule has 1 N–H and O–H groups in total. The molecule has 6 nitrogen and oxygen atoms in total. The highest BCUT2D eigenvalue weighted by atomic mass is 32.1. The van der Waals surface area contributed by atoms with Crippen molar-refractivity contribution in [2.24, 2.45) is 5.10 Å². The van der Waals surface area contributed by atoms with Gasteiger partial charge in [0.05, 0.1) is 11.1 Å². The van der Waals surface area contributed by atoms with Crippen LogP contribution in [-0.4, -0.2) is 16.1 Å². The van der Waals surface area contributed by atoms with Crippen LogP contribution in [0.1, 0.15) is 25.5 Å². The average molecular weight is 267 g/mol. The number of hydrogen-bond acceptors (Lipinski definition) is 5. The number of nitrogens with zero attached hydrogens (tertiary/aromatic N) is 2. The van der Waals surface area contributed by atoms with Crippen LogP contribution in [-0.2, 0) is 0 Å². The van der Waals surface area contributed by atoms with Gasteiger partial charge in [-0.3, -0.25) is 15.5 Å². The van der Waals surface area contributed by atoms with Gasteiger partial charge >= 0.3 is 5.88 Å². The van der Waals surface area contributed by atoms with Crippen molar-refractivity contribution in [3.05, 3.63) is 34.1 Å². The fraction of sp³-hybridized carbons (Fsp3) is 0.273. The van der Waals surface area contributed by atoms with Crippen molar-refractivity contribution in [1.29, 1.82) is 0 Å². The van der Waals surface area contributed by atoms with E-state index in [2.05, 4.69) is 10.5 Å². The molecular formula is C11H13N3O3S. The van der Waals surface area contributed by atoms with Crippen LogP contribution in [0.4, 0.5) is 5.88 Å². The molecule has 1 heterocycles. The maximum Gasteiger partial charge on any atom is 0.433 e. The topological polar surface area (TPSA) is 80.7 Å². The second-order valence-corrected chi connectivity index (χ2v) is 3.85. The van der Waals surface area contributed by atoms with Gasteiger partial charge in [-0.15, -0.1) is 0 Å². The van der Waals surface area contributed by atoms with E-state index in [0.29, 0.717) is 10.7 Å². The molecule has 0 spiro atoms. The summed E-state index contributed by atoms with van der Waals surface area (Å²) in [5.41, 5.74) is 2.70. The average Bonchev–Trinajstić information content (AvgIpc) is 2.78. The number of rotatable bonds is 6. The SMILES string of the molecule is CCCC(=S)N/N=C/C=C/c1ccc([N+](=O)[O-])o1. The number of nitrogens with one attached hydrogen (secondary N) is 1. The van der Waals surface area contributed by atoms with Gasteiger partial charge in [-0.2, -0.15) is 5.10 Å². The van der Waals surface area contributed by atoms with Gasteiger partial charge in [-0.05, 0) is 31.1 Å². The summed E-state index contributed by atoms with van der Waals surface area (Å²) in [7, 11) is 0. The molecular weight excluding hydrogens is 254 g/mol. The van der Waals surface area contributed by atoms with Crippen molar-refractivity contribution in [3.8, 4) is 0 Å². The molecule has 0 bridgehead atoms. The lowest BCUT2D eigenvalue weighted by molar-refractivity contribution is -0.402. The molecule has 96 valence electrons. The van der Waals surface area contributed by atoms with E-state index in [0.717, 1.165) is 12.8 Å². The first-order valence-electron chi connectivity index (χ1n) is 5.36. The quantitative estimate of drug-likeness (QED) is 0.371. The normalized spacial score (nSPS) is 11.2. The second-order valence-electron chi connectivity index (χ2n) is 3.36. The van der Waals surface area contributed by atoms with Crippen molar-refractivity contribution < 1.29 is 9.34 Å². The van der Waals surface area contributed by atoms with E-state index in [-0.39, 0.29) is 5.88 Å². The smallest absolute Gasteiger partial charge is 0.401 e. The lowest BCUT2D eigenvalue weighted by Crippen LogP contribution is -2.13. The van der Waals surface area contributed by atoms with Gasteiger partial charge in [-0.1, -0.05) is 19.1 Å². The summed E-state index contributed by atoms with van der Waals surface area (Å²) in [6, 6.07) is 2.81. The third-order valence-corrected chi connectivity index (χ3v) is 2.18. The van der Waals surface area contributed by atoms with Crippen molar-refractivity contribution >= 4 is 35.4 Å². The van der Waals surface area contributed by atoms with Crippen molar-refractivity contribution in [2.75, 3.05) is 0 Å². The van der Waals surface area contributed by atoms with Crippen LogP contribution >= 0.6 is 12.2 Å². The molecule has 0 aliphatic rings. The Bertz CT molecular complexity index is 480. The maximum atomic E-state index is 10.4. The number of hydrazone groups is 1.